The highest BCUT2D eigenvalue weighted by Crippen LogP contribution is 2.38. The molecule has 0 bridgehead atoms. The third-order valence-corrected chi connectivity index (χ3v) is 4.37. The van der Waals surface area contributed by atoms with Gasteiger partial charge in [-0.15, -0.1) is 0 Å². The van der Waals surface area contributed by atoms with Crippen molar-refractivity contribution in [2.75, 3.05) is 11.5 Å². The Hall–Kier alpha value is -3.39. The lowest BCUT2D eigenvalue weighted by atomic mass is 10.1. The van der Waals surface area contributed by atoms with Crippen molar-refractivity contribution in [3.8, 4) is 11.1 Å². The molecule has 0 saturated heterocycles. The number of rotatable bonds is 5. The number of nitrogens with zero attached hydrogens (tertiary/aromatic N) is 4. The second-order valence-electron chi connectivity index (χ2n) is 5.80. The largest absolute Gasteiger partial charge is 0.449 e. The summed E-state index contributed by atoms with van der Waals surface area (Å²) >= 11 is 6.33. The highest BCUT2D eigenvalue weighted by atomic mass is 35.5. The molecule has 3 rings (SSSR count). The fourth-order valence-electron chi connectivity index (χ4n) is 2.78. The second kappa shape index (κ2) is 8.10. The zero-order chi connectivity index (χ0) is 20.3. The predicted molar refractivity (Wildman–Crippen MR) is 106 cm³/mol. The van der Waals surface area contributed by atoms with Crippen LogP contribution in [-0.4, -0.2) is 27.4 Å². The number of non-ortho nitro benzene ring substituents is 1. The van der Waals surface area contributed by atoms with Crippen LogP contribution >= 0.6 is 11.6 Å². The SMILES string of the molecule is CCOC(=O)N(c1ccccc1Cl)c1c(-c2ccc([N+](=O)[O-])cc2)cnn1C. The third-order valence-electron chi connectivity index (χ3n) is 4.05. The average Bonchev–Trinajstić information content (AvgIpc) is 3.05. The minimum atomic E-state index is -0.609. The maximum absolute atomic E-state index is 12.8. The first kappa shape index (κ1) is 19.4. The van der Waals surface area contributed by atoms with Crippen LogP contribution in [0.3, 0.4) is 0 Å². The normalized spacial score (nSPS) is 10.5. The number of carbonyl (C=O) groups is 1. The van der Waals surface area contributed by atoms with E-state index in [1.807, 2.05) is 0 Å². The van der Waals surface area contributed by atoms with E-state index in [1.54, 1.807) is 56.6 Å². The van der Waals surface area contributed by atoms with Gasteiger partial charge >= 0.3 is 6.09 Å². The Labute approximate surface area is 166 Å². The molecule has 28 heavy (non-hydrogen) atoms. The molecule has 0 N–H and O–H groups in total. The Bertz CT molecular complexity index is 1020. The summed E-state index contributed by atoms with van der Waals surface area (Å²) in [5, 5.41) is 15.5. The molecule has 1 aromatic heterocycles. The summed E-state index contributed by atoms with van der Waals surface area (Å²) in [6.07, 6.45) is 0.974. The number of aromatic nitrogens is 2. The second-order valence-corrected chi connectivity index (χ2v) is 6.20. The molecule has 1 amide bonds. The number of halogens is 1. The van der Waals surface area contributed by atoms with Crippen LogP contribution in [0, 0.1) is 10.1 Å². The summed E-state index contributed by atoms with van der Waals surface area (Å²) in [6.45, 7) is 1.90. The summed E-state index contributed by atoms with van der Waals surface area (Å²) in [4.78, 5) is 24.6. The Morgan fingerprint density at radius 3 is 2.54 bits per heavy atom. The van der Waals surface area contributed by atoms with Crippen LogP contribution in [0.5, 0.6) is 0 Å². The first-order valence-electron chi connectivity index (χ1n) is 8.42. The van der Waals surface area contributed by atoms with Gasteiger partial charge in [-0.2, -0.15) is 5.10 Å². The summed E-state index contributed by atoms with van der Waals surface area (Å²) in [6, 6.07) is 12.9. The Balaban J connectivity index is 2.16. The van der Waals surface area contributed by atoms with E-state index < -0.39 is 11.0 Å². The van der Waals surface area contributed by atoms with Crippen LogP contribution in [-0.2, 0) is 11.8 Å². The van der Waals surface area contributed by atoms with Gasteiger partial charge in [0.2, 0.25) is 0 Å². The van der Waals surface area contributed by atoms with E-state index in [1.165, 1.54) is 21.7 Å². The number of hydrogen-bond donors (Lipinski definition) is 0. The fraction of sp³-hybridized carbons (Fsp3) is 0.158. The van der Waals surface area contributed by atoms with Gasteiger partial charge in [0.15, 0.2) is 0 Å². The van der Waals surface area contributed by atoms with E-state index >= 15 is 0 Å². The molecule has 0 radical (unpaired) electrons. The molecule has 3 aromatic rings. The number of aryl methyl sites for hydroxylation is 1. The molecule has 1 heterocycles. The standard InChI is InChI=1S/C19H17ClN4O4/c1-3-28-19(25)23(17-7-5-4-6-16(17)20)18-15(12-21-22(18)2)13-8-10-14(11-9-13)24(26)27/h4-12H,3H2,1-2H3. The predicted octanol–water partition coefficient (Wildman–Crippen LogP) is 4.94. The minimum Gasteiger partial charge on any atom is -0.449 e. The lowest BCUT2D eigenvalue weighted by molar-refractivity contribution is -0.384. The lowest BCUT2D eigenvalue weighted by Gasteiger charge is -2.24. The van der Waals surface area contributed by atoms with Crippen LogP contribution in [0.15, 0.2) is 54.7 Å². The summed E-state index contributed by atoms with van der Waals surface area (Å²) < 4.78 is 6.76. The fourth-order valence-corrected chi connectivity index (χ4v) is 3.00. The van der Waals surface area contributed by atoms with E-state index in [0.717, 1.165) is 0 Å². The Morgan fingerprint density at radius 1 is 1.25 bits per heavy atom. The first-order valence-corrected chi connectivity index (χ1v) is 8.80. The maximum Gasteiger partial charge on any atom is 0.420 e. The number of amides is 1. The quantitative estimate of drug-likeness (QED) is 0.446. The molecule has 0 aliphatic rings. The molecule has 0 fully saturated rings. The number of hydrogen-bond acceptors (Lipinski definition) is 5. The van der Waals surface area contributed by atoms with E-state index in [2.05, 4.69) is 5.10 Å². The van der Waals surface area contributed by atoms with Gasteiger partial charge in [0.25, 0.3) is 5.69 Å². The van der Waals surface area contributed by atoms with Crippen molar-refractivity contribution in [3.05, 3.63) is 69.9 Å². The smallest absolute Gasteiger partial charge is 0.420 e. The van der Waals surface area contributed by atoms with Crippen molar-refractivity contribution in [2.24, 2.45) is 7.05 Å². The number of carbonyl (C=O) groups excluding carboxylic acids is 1. The van der Waals surface area contributed by atoms with E-state index in [9.17, 15) is 14.9 Å². The lowest BCUT2D eigenvalue weighted by Crippen LogP contribution is -2.29. The van der Waals surface area contributed by atoms with Crippen molar-refractivity contribution in [2.45, 2.75) is 6.92 Å². The van der Waals surface area contributed by atoms with Gasteiger partial charge in [0.1, 0.15) is 5.82 Å². The number of ether oxygens (including phenoxy) is 1. The molecule has 0 saturated carbocycles. The summed E-state index contributed by atoms with van der Waals surface area (Å²) in [5.41, 5.74) is 1.68. The van der Waals surface area contributed by atoms with Gasteiger partial charge < -0.3 is 4.74 Å². The van der Waals surface area contributed by atoms with Crippen molar-refractivity contribution < 1.29 is 14.5 Å². The molecule has 0 unspecified atom stereocenters. The monoisotopic (exact) mass is 400 g/mol. The number of benzene rings is 2. The molecule has 144 valence electrons. The van der Waals surface area contributed by atoms with Gasteiger partial charge in [-0.25, -0.2) is 9.69 Å². The molecular formula is C19H17ClN4O4. The summed E-state index contributed by atoms with van der Waals surface area (Å²) in [5.74, 6) is 0.431. The number of para-hydroxylation sites is 1. The van der Waals surface area contributed by atoms with Crippen LogP contribution < -0.4 is 4.90 Å². The molecule has 0 atom stereocenters. The third kappa shape index (κ3) is 3.67. The molecule has 0 aliphatic heterocycles. The highest BCUT2D eigenvalue weighted by Gasteiger charge is 2.28. The van der Waals surface area contributed by atoms with E-state index in [0.29, 0.717) is 27.7 Å². The first-order chi connectivity index (χ1) is 13.4. The molecule has 9 heteroatoms. The van der Waals surface area contributed by atoms with E-state index in [-0.39, 0.29) is 12.3 Å². The van der Waals surface area contributed by atoms with Crippen molar-refractivity contribution >= 4 is 34.9 Å². The molecule has 0 aliphatic carbocycles. The van der Waals surface area contributed by atoms with Crippen molar-refractivity contribution in [1.82, 2.24) is 9.78 Å². The maximum atomic E-state index is 12.8. The van der Waals surface area contributed by atoms with Crippen LogP contribution in [0.2, 0.25) is 5.02 Å². The van der Waals surface area contributed by atoms with Gasteiger partial charge in [-0.3, -0.25) is 14.8 Å². The number of nitro benzene ring substituents is 1. The summed E-state index contributed by atoms with van der Waals surface area (Å²) in [7, 11) is 1.69. The van der Waals surface area contributed by atoms with Crippen LogP contribution in [0.1, 0.15) is 6.92 Å². The Kier molecular flexibility index (Phi) is 5.60. The average molecular weight is 401 g/mol. The number of nitro groups is 1. The van der Waals surface area contributed by atoms with Crippen LogP contribution in [0.4, 0.5) is 22.0 Å². The zero-order valence-electron chi connectivity index (χ0n) is 15.2. The van der Waals surface area contributed by atoms with Crippen LogP contribution in [0.25, 0.3) is 11.1 Å². The van der Waals surface area contributed by atoms with Gasteiger partial charge in [-0.1, -0.05) is 23.7 Å². The number of anilines is 2. The van der Waals surface area contributed by atoms with Gasteiger partial charge in [0, 0.05) is 24.7 Å². The Morgan fingerprint density at radius 2 is 1.93 bits per heavy atom. The van der Waals surface area contributed by atoms with Crippen molar-refractivity contribution in [1.29, 1.82) is 0 Å². The molecular weight excluding hydrogens is 384 g/mol. The molecule has 0 spiro atoms. The minimum absolute atomic E-state index is 0.0254. The van der Waals surface area contributed by atoms with Gasteiger partial charge in [0.05, 0.1) is 28.4 Å². The van der Waals surface area contributed by atoms with E-state index in [4.69, 9.17) is 16.3 Å². The highest BCUT2D eigenvalue weighted by molar-refractivity contribution is 6.34. The topological polar surface area (TPSA) is 90.5 Å². The molecule has 2 aromatic carbocycles. The molecule has 8 nitrogen and oxygen atoms in total. The van der Waals surface area contributed by atoms with Gasteiger partial charge in [-0.05, 0) is 36.8 Å². The zero-order valence-corrected chi connectivity index (χ0v) is 16.0. The van der Waals surface area contributed by atoms with Crippen molar-refractivity contribution in [3.63, 3.8) is 0 Å².